The van der Waals surface area contributed by atoms with Crippen LogP contribution in [0, 0.1) is 17.7 Å². The summed E-state index contributed by atoms with van der Waals surface area (Å²) in [5.41, 5.74) is 0.771. The van der Waals surface area contributed by atoms with E-state index in [9.17, 15) is 4.39 Å². The molecule has 2 aromatic rings. The fraction of sp³-hybridized carbons (Fsp3) is 0.154. The number of rotatable bonds is 3. The second kappa shape index (κ2) is 5.83. The van der Waals surface area contributed by atoms with Gasteiger partial charge in [0.05, 0.1) is 0 Å². The van der Waals surface area contributed by atoms with E-state index in [1.54, 1.807) is 24.5 Å². The molecule has 0 unspecified atom stereocenters. The summed E-state index contributed by atoms with van der Waals surface area (Å²) in [5.74, 6) is 6.24. The summed E-state index contributed by atoms with van der Waals surface area (Å²) in [6.07, 6.45) is 3.41. The molecule has 1 aromatic carbocycles. The van der Waals surface area contributed by atoms with E-state index in [1.165, 1.54) is 12.1 Å². The first-order valence-electron chi connectivity index (χ1n) is 5.15. The second-order valence-electron chi connectivity index (χ2n) is 3.34. The molecule has 3 nitrogen and oxygen atoms in total. The second-order valence-corrected chi connectivity index (χ2v) is 3.34. The van der Waals surface area contributed by atoms with E-state index in [4.69, 9.17) is 4.74 Å². The number of hydrogen-bond acceptors (Lipinski definition) is 2. The highest BCUT2D eigenvalue weighted by molar-refractivity contribution is 5.33. The lowest BCUT2D eigenvalue weighted by atomic mass is 10.2. The molecule has 0 atom stereocenters. The number of ether oxygens (including phenoxy) is 1. The Hall–Kier alpha value is -2.12. The van der Waals surface area contributed by atoms with Crippen molar-refractivity contribution in [3.8, 4) is 11.8 Å². The largest absolute Gasteiger partial charge is 0.361 e. The highest BCUT2D eigenvalue weighted by Gasteiger charge is 1.92. The van der Waals surface area contributed by atoms with Gasteiger partial charge in [-0.3, -0.25) is 0 Å². The summed E-state index contributed by atoms with van der Waals surface area (Å²) >= 11 is 0. The molecule has 0 radical (unpaired) electrons. The zero-order valence-corrected chi connectivity index (χ0v) is 9.11. The molecule has 0 spiro atoms. The van der Waals surface area contributed by atoms with E-state index in [-0.39, 0.29) is 5.82 Å². The molecule has 0 aliphatic heterocycles. The number of H-pyrrole nitrogens is 1. The van der Waals surface area contributed by atoms with Crippen molar-refractivity contribution in [3.05, 3.63) is 53.9 Å². The number of aromatic nitrogens is 2. The van der Waals surface area contributed by atoms with Crippen molar-refractivity contribution in [1.82, 2.24) is 9.97 Å². The molecular weight excluding hydrogens is 219 g/mol. The number of nitrogens with zero attached hydrogens (tertiary/aromatic N) is 1. The zero-order valence-electron chi connectivity index (χ0n) is 9.11. The third kappa shape index (κ3) is 3.74. The first kappa shape index (κ1) is 11.4. The van der Waals surface area contributed by atoms with Gasteiger partial charge in [-0.1, -0.05) is 11.8 Å². The minimum absolute atomic E-state index is 0.260. The summed E-state index contributed by atoms with van der Waals surface area (Å²) in [6.45, 7) is 0.725. The molecule has 0 aliphatic carbocycles. The summed E-state index contributed by atoms with van der Waals surface area (Å²) in [4.78, 5) is 6.94. The monoisotopic (exact) mass is 230 g/mol. The van der Waals surface area contributed by atoms with Crippen molar-refractivity contribution < 1.29 is 9.13 Å². The van der Waals surface area contributed by atoms with E-state index in [0.29, 0.717) is 13.2 Å². The van der Waals surface area contributed by atoms with Gasteiger partial charge in [0.25, 0.3) is 0 Å². The van der Waals surface area contributed by atoms with E-state index in [0.717, 1.165) is 11.4 Å². The van der Waals surface area contributed by atoms with Crippen LogP contribution in [0.1, 0.15) is 11.4 Å². The van der Waals surface area contributed by atoms with Crippen molar-refractivity contribution in [2.45, 2.75) is 6.61 Å². The van der Waals surface area contributed by atoms with Crippen LogP contribution in [0.3, 0.4) is 0 Å². The van der Waals surface area contributed by atoms with E-state index in [2.05, 4.69) is 21.8 Å². The maximum absolute atomic E-state index is 12.6. The minimum atomic E-state index is -0.260. The quantitative estimate of drug-likeness (QED) is 0.647. The van der Waals surface area contributed by atoms with Crippen LogP contribution in [0.5, 0.6) is 0 Å². The van der Waals surface area contributed by atoms with Gasteiger partial charge >= 0.3 is 0 Å². The van der Waals surface area contributed by atoms with E-state index < -0.39 is 0 Å². The van der Waals surface area contributed by atoms with Crippen LogP contribution in [0.2, 0.25) is 0 Å². The normalized spacial score (nSPS) is 9.71. The van der Waals surface area contributed by atoms with Gasteiger partial charge in [-0.15, -0.1) is 0 Å². The summed E-state index contributed by atoms with van der Waals surface area (Å²) < 4.78 is 17.9. The molecule has 0 saturated carbocycles. The van der Waals surface area contributed by atoms with Gasteiger partial charge in [-0.2, -0.15) is 0 Å². The number of imidazole rings is 1. The Balaban J connectivity index is 1.77. The van der Waals surface area contributed by atoms with Crippen LogP contribution >= 0.6 is 0 Å². The Kier molecular flexibility index (Phi) is 3.90. The van der Waals surface area contributed by atoms with Crippen molar-refractivity contribution >= 4 is 0 Å². The lowest BCUT2D eigenvalue weighted by Gasteiger charge is -1.95. The van der Waals surface area contributed by atoms with Crippen LogP contribution in [0.15, 0.2) is 36.7 Å². The van der Waals surface area contributed by atoms with Gasteiger partial charge in [0.2, 0.25) is 0 Å². The van der Waals surface area contributed by atoms with Gasteiger partial charge in [0.15, 0.2) is 0 Å². The molecule has 1 heterocycles. The highest BCUT2D eigenvalue weighted by Crippen LogP contribution is 2.00. The summed E-state index contributed by atoms with van der Waals surface area (Å²) in [5, 5.41) is 0. The topological polar surface area (TPSA) is 37.9 Å². The molecule has 4 heteroatoms. The molecule has 17 heavy (non-hydrogen) atoms. The molecule has 0 fully saturated rings. The number of hydrogen-bond donors (Lipinski definition) is 1. The predicted molar refractivity (Wildman–Crippen MR) is 61.5 cm³/mol. The standard InChI is InChI=1S/C13H11FN2O/c14-12-5-3-11(4-6-12)2-1-9-17-10-13-15-7-8-16-13/h3-8H,9-10H2,(H,15,16). The van der Waals surface area contributed by atoms with Gasteiger partial charge in [-0.25, -0.2) is 9.37 Å². The summed E-state index contributed by atoms with van der Waals surface area (Å²) in [6, 6.07) is 6.03. The lowest BCUT2D eigenvalue weighted by molar-refractivity contribution is 0.148. The molecule has 86 valence electrons. The first-order chi connectivity index (χ1) is 8.34. The number of aromatic amines is 1. The Morgan fingerprint density at radius 1 is 1.29 bits per heavy atom. The fourth-order valence-electron chi connectivity index (χ4n) is 1.25. The summed E-state index contributed by atoms with van der Waals surface area (Å²) in [7, 11) is 0. The smallest absolute Gasteiger partial charge is 0.132 e. The molecule has 1 aromatic heterocycles. The Morgan fingerprint density at radius 3 is 2.82 bits per heavy atom. The average molecular weight is 230 g/mol. The molecule has 0 bridgehead atoms. The molecule has 0 amide bonds. The number of benzene rings is 1. The number of nitrogens with one attached hydrogen (secondary N) is 1. The van der Waals surface area contributed by atoms with Gasteiger partial charge in [0.1, 0.15) is 24.9 Å². The first-order valence-corrected chi connectivity index (χ1v) is 5.15. The molecular formula is C13H11FN2O. The van der Waals surface area contributed by atoms with Gasteiger partial charge in [-0.05, 0) is 24.3 Å². The Labute approximate surface area is 98.7 Å². The van der Waals surface area contributed by atoms with Crippen molar-refractivity contribution in [2.24, 2.45) is 0 Å². The molecule has 2 rings (SSSR count). The van der Waals surface area contributed by atoms with Crippen LogP contribution in [-0.4, -0.2) is 16.6 Å². The number of halogens is 1. The predicted octanol–water partition coefficient (Wildman–Crippen LogP) is 2.12. The molecule has 1 N–H and O–H groups in total. The molecule has 0 saturated heterocycles. The van der Waals surface area contributed by atoms with Crippen molar-refractivity contribution in [2.75, 3.05) is 6.61 Å². The zero-order chi connectivity index (χ0) is 11.9. The van der Waals surface area contributed by atoms with Crippen LogP contribution in [-0.2, 0) is 11.3 Å². The maximum Gasteiger partial charge on any atom is 0.132 e. The average Bonchev–Trinajstić information content (AvgIpc) is 2.84. The van der Waals surface area contributed by atoms with Crippen LogP contribution < -0.4 is 0 Å². The third-order valence-corrected chi connectivity index (χ3v) is 2.04. The maximum atomic E-state index is 12.6. The fourth-order valence-corrected chi connectivity index (χ4v) is 1.25. The Morgan fingerprint density at radius 2 is 2.12 bits per heavy atom. The van der Waals surface area contributed by atoms with Crippen LogP contribution in [0.25, 0.3) is 0 Å². The van der Waals surface area contributed by atoms with Gasteiger partial charge in [0, 0.05) is 18.0 Å². The SMILES string of the molecule is Fc1ccc(C#CCOCc2ncc[nH]2)cc1. The van der Waals surface area contributed by atoms with Gasteiger partial charge < -0.3 is 9.72 Å². The highest BCUT2D eigenvalue weighted by atomic mass is 19.1. The van der Waals surface area contributed by atoms with Crippen molar-refractivity contribution in [1.29, 1.82) is 0 Å². The van der Waals surface area contributed by atoms with Crippen molar-refractivity contribution in [3.63, 3.8) is 0 Å². The lowest BCUT2D eigenvalue weighted by Crippen LogP contribution is -1.94. The Bertz CT molecular complexity index is 509. The van der Waals surface area contributed by atoms with Crippen LogP contribution in [0.4, 0.5) is 4.39 Å². The third-order valence-electron chi connectivity index (χ3n) is 2.04. The van der Waals surface area contributed by atoms with E-state index in [1.807, 2.05) is 0 Å². The minimum Gasteiger partial charge on any atom is -0.361 e. The van der Waals surface area contributed by atoms with E-state index >= 15 is 0 Å². The molecule has 0 aliphatic rings.